The Balaban J connectivity index is 2.55. The van der Waals surface area contributed by atoms with E-state index in [0.29, 0.717) is 15.1 Å². The highest BCUT2D eigenvalue weighted by Gasteiger charge is 2.09. The minimum atomic E-state index is 0.632. The van der Waals surface area contributed by atoms with Crippen LogP contribution in [0.3, 0.4) is 0 Å². The highest BCUT2D eigenvalue weighted by Crippen LogP contribution is 2.33. The first-order chi connectivity index (χ1) is 8.61. The maximum Gasteiger partial charge on any atom is 0.0499 e. The van der Waals surface area contributed by atoms with Crippen molar-refractivity contribution in [1.29, 1.82) is 0 Å². The van der Waals surface area contributed by atoms with Crippen molar-refractivity contribution in [3.8, 4) is 11.1 Å². The molecule has 0 aliphatic heterocycles. The van der Waals surface area contributed by atoms with Crippen molar-refractivity contribution in [3.05, 3.63) is 57.0 Å². The Hall–Kier alpha value is -0.730. The maximum absolute atomic E-state index is 6.24. The van der Waals surface area contributed by atoms with Gasteiger partial charge < -0.3 is 5.32 Å². The van der Waals surface area contributed by atoms with Crippen LogP contribution in [0.1, 0.15) is 5.56 Å². The van der Waals surface area contributed by atoms with Gasteiger partial charge in [0.05, 0.1) is 0 Å². The van der Waals surface area contributed by atoms with Crippen molar-refractivity contribution < 1.29 is 0 Å². The number of nitrogens with one attached hydrogen (secondary N) is 1. The minimum absolute atomic E-state index is 0.632. The summed E-state index contributed by atoms with van der Waals surface area (Å²) in [6, 6.07) is 11.3. The molecule has 94 valence electrons. The minimum Gasteiger partial charge on any atom is -0.316 e. The monoisotopic (exact) mass is 299 g/mol. The SMILES string of the molecule is CNCc1cc(Cl)ccc1-c1ccc(Cl)cc1Cl. The molecule has 0 aliphatic carbocycles. The predicted molar refractivity (Wildman–Crippen MR) is 79.7 cm³/mol. The third-order valence-corrected chi connectivity index (χ3v) is 3.44. The lowest BCUT2D eigenvalue weighted by Gasteiger charge is -2.12. The van der Waals surface area contributed by atoms with E-state index in [0.717, 1.165) is 23.2 Å². The zero-order valence-electron chi connectivity index (χ0n) is 9.81. The summed E-state index contributed by atoms with van der Waals surface area (Å²) < 4.78 is 0. The molecule has 0 saturated carbocycles. The molecule has 2 rings (SSSR count). The summed E-state index contributed by atoms with van der Waals surface area (Å²) in [6.07, 6.45) is 0. The fourth-order valence-corrected chi connectivity index (χ4v) is 2.57. The average molecular weight is 301 g/mol. The Bertz CT molecular complexity index is 567. The lowest BCUT2D eigenvalue weighted by atomic mass is 9.99. The highest BCUT2D eigenvalue weighted by molar-refractivity contribution is 6.36. The molecule has 0 saturated heterocycles. The number of rotatable bonds is 3. The summed E-state index contributed by atoms with van der Waals surface area (Å²) in [5, 5.41) is 5.11. The van der Waals surface area contributed by atoms with Crippen LogP contribution in [0.4, 0.5) is 0 Å². The first kappa shape index (κ1) is 13.7. The smallest absolute Gasteiger partial charge is 0.0499 e. The molecule has 0 unspecified atom stereocenters. The Morgan fingerprint density at radius 2 is 1.50 bits per heavy atom. The second-order valence-corrected chi connectivity index (χ2v) is 5.24. The van der Waals surface area contributed by atoms with Gasteiger partial charge in [-0.2, -0.15) is 0 Å². The third kappa shape index (κ3) is 2.99. The molecule has 1 N–H and O–H groups in total. The van der Waals surface area contributed by atoms with E-state index < -0.39 is 0 Å². The second kappa shape index (κ2) is 5.94. The zero-order chi connectivity index (χ0) is 13.1. The molecule has 18 heavy (non-hydrogen) atoms. The molecule has 0 amide bonds. The average Bonchev–Trinajstić information content (AvgIpc) is 2.31. The van der Waals surface area contributed by atoms with Gasteiger partial charge in [0.1, 0.15) is 0 Å². The summed E-state index contributed by atoms with van der Waals surface area (Å²) in [6.45, 7) is 0.731. The predicted octanol–water partition coefficient (Wildman–Crippen LogP) is 5.03. The number of benzene rings is 2. The molecule has 1 nitrogen and oxygen atoms in total. The standard InChI is InChI=1S/C14H12Cl3N/c1-18-8-9-6-10(15)2-4-12(9)13-5-3-11(16)7-14(13)17/h2-7,18H,8H2,1H3. The van der Waals surface area contributed by atoms with Gasteiger partial charge in [-0.3, -0.25) is 0 Å². The fourth-order valence-electron chi connectivity index (χ4n) is 1.87. The van der Waals surface area contributed by atoms with Gasteiger partial charge in [0, 0.05) is 27.2 Å². The van der Waals surface area contributed by atoms with E-state index >= 15 is 0 Å². The van der Waals surface area contributed by atoms with Crippen LogP contribution in [-0.2, 0) is 6.54 Å². The summed E-state index contributed by atoms with van der Waals surface area (Å²) in [5.74, 6) is 0. The van der Waals surface area contributed by atoms with Crippen molar-refractivity contribution in [2.45, 2.75) is 6.54 Å². The molecule has 0 radical (unpaired) electrons. The fraction of sp³-hybridized carbons (Fsp3) is 0.143. The van der Waals surface area contributed by atoms with Crippen molar-refractivity contribution in [2.24, 2.45) is 0 Å². The van der Waals surface area contributed by atoms with E-state index in [4.69, 9.17) is 34.8 Å². The van der Waals surface area contributed by atoms with Gasteiger partial charge in [-0.15, -0.1) is 0 Å². The van der Waals surface area contributed by atoms with Crippen molar-refractivity contribution in [2.75, 3.05) is 7.05 Å². The largest absolute Gasteiger partial charge is 0.316 e. The Kier molecular flexibility index (Phi) is 4.52. The van der Waals surface area contributed by atoms with Gasteiger partial charge in [-0.1, -0.05) is 46.9 Å². The number of hydrogen-bond donors (Lipinski definition) is 1. The van der Waals surface area contributed by atoms with Crippen LogP contribution in [0, 0.1) is 0 Å². The van der Waals surface area contributed by atoms with Crippen molar-refractivity contribution >= 4 is 34.8 Å². The van der Waals surface area contributed by atoms with Crippen LogP contribution in [0.5, 0.6) is 0 Å². The van der Waals surface area contributed by atoms with Crippen LogP contribution >= 0.6 is 34.8 Å². The van der Waals surface area contributed by atoms with Gasteiger partial charge in [0.15, 0.2) is 0 Å². The molecule has 0 aliphatic rings. The maximum atomic E-state index is 6.24. The summed E-state index contributed by atoms with van der Waals surface area (Å²) in [4.78, 5) is 0. The lowest BCUT2D eigenvalue weighted by molar-refractivity contribution is 0.819. The van der Waals surface area contributed by atoms with Crippen molar-refractivity contribution in [3.63, 3.8) is 0 Å². The van der Waals surface area contributed by atoms with Gasteiger partial charge in [-0.25, -0.2) is 0 Å². The summed E-state index contributed by atoms with van der Waals surface area (Å²) in [7, 11) is 1.90. The van der Waals surface area contributed by atoms with Crippen LogP contribution < -0.4 is 5.32 Å². The molecule has 0 aromatic heterocycles. The Morgan fingerprint density at radius 3 is 2.11 bits per heavy atom. The van der Waals surface area contributed by atoms with Crippen LogP contribution in [-0.4, -0.2) is 7.05 Å². The van der Waals surface area contributed by atoms with Crippen LogP contribution in [0.25, 0.3) is 11.1 Å². The highest BCUT2D eigenvalue weighted by atomic mass is 35.5. The van der Waals surface area contributed by atoms with Crippen LogP contribution in [0.15, 0.2) is 36.4 Å². The van der Waals surface area contributed by atoms with E-state index in [1.54, 1.807) is 6.07 Å². The molecular weight excluding hydrogens is 289 g/mol. The first-order valence-electron chi connectivity index (χ1n) is 5.50. The summed E-state index contributed by atoms with van der Waals surface area (Å²) in [5.41, 5.74) is 3.13. The summed E-state index contributed by atoms with van der Waals surface area (Å²) >= 11 is 18.2. The third-order valence-electron chi connectivity index (χ3n) is 2.66. The van der Waals surface area contributed by atoms with E-state index in [1.165, 1.54) is 0 Å². The number of hydrogen-bond acceptors (Lipinski definition) is 1. The lowest BCUT2D eigenvalue weighted by Crippen LogP contribution is -2.06. The first-order valence-corrected chi connectivity index (χ1v) is 6.63. The molecule has 2 aromatic rings. The van der Waals surface area contributed by atoms with Gasteiger partial charge in [-0.05, 0) is 42.4 Å². The quantitative estimate of drug-likeness (QED) is 0.838. The van der Waals surface area contributed by atoms with E-state index in [1.807, 2.05) is 37.4 Å². The van der Waals surface area contributed by atoms with Gasteiger partial charge >= 0.3 is 0 Å². The second-order valence-electron chi connectivity index (χ2n) is 3.96. The molecule has 0 bridgehead atoms. The zero-order valence-corrected chi connectivity index (χ0v) is 12.1. The Labute approximate surface area is 122 Å². The molecule has 4 heteroatoms. The van der Waals surface area contributed by atoms with Crippen molar-refractivity contribution in [1.82, 2.24) is 5.32 Å². The molecular formula is C14H12Cl3N. The topological polar surface area (TPSA) is 12.0 Å². The molecule has 0 spiro atoms. The molecule has 0 atom stereocenters. The van der Waals surface area contributed by atoms with E-state index in [9.17, 15) is 0 Å². The normalized spacial score (nSPS) is 10.7. The van der Waals surface area contributed by atoms with Crippen LogP contribution in [0.2, 0.25) is 15.1 Å². The van der Waals surface area contributed by atoms with E-state index in [2.05, 4.69) is 5.32 Å². The van der Waals surface area contributed by atoms with Gasteiger partial charge in [0.25, 0.3) is 0 Å². The Morgan fingerprint density at radius 1 is 0.889 bits per heavy atom. The molecule has 2 aromatic carbocycles. The van der Waals surface area contributed by atoms with Gasteiger partial charge in [0.2, 0.25) is 0 Å². The molecule has 0 fully saturated rings. The van der Waals surface area contributed by atoms with E-state index in [-0.39, 0.29) is 0 Å². The number of halogens is 3. The molecule has 0 heterocycles.